The molecule has 7 nitrogen and oxygen atoms in total. The van der Waals surface area contributed by atoms with E-state index < -0.39 is 0 Å². The van der Waals surface area contributed by atoms with Crippen molar-refractivity contribution < 1.29 is 0 Å². The van der Waals surface area contributed by atoms with Gasteiger partial charge >= 0.3 is 0 Å². The molecule has 0 aliphatic carbocycles. The number of aryl methyl sites for hydroxylation is 1. The third-order valence-corrected chi connectivity index (χ3v) is 2.62. The van der Waals surface area contributed by atoms with E-state index in [0.717, 1.165) is 29.4 Å². The van der Waals surface area contributed by atoms with Gasteiger partial charge in [-0.05, 0) is 13.5 Å². The summed E-state index contributed by atoms with van der Waals surface area (Å²) in [6.45, 7) is 2.47. The van der Waals surface area contributed by atoms with Crippen molar-refractivity contribution in [2.45, 2.75) is 13.3 Å². The van der Waals surface area contributed by atoms with Gasteiger partial charge in [0.25, 0.3) is 0 Å². The molecule has 0 bridgehead atoms. The highest BCUT2D eigenvalue weighted by atomic mass is 15.2. The third-order valence-electron chi connectivity index (χ3n) is 2.62. The van der Waals surface area contributed by atoms with E-state index in [1.165, 1.54) is 0 Å². The third kappa shape index (κ3) is 1.60. The lowest BCUT2D eigenvalue weighted by Crippen LogP contribution is -2.04. The van der Waals surface area contributed by atoms with Crippen LogP contribution in [0.3, 0.4) is 0 Å². The van der Waals surface area contributed by atoms with Crippen LogP contribution in [-0.4, -0.2) is 36.1 Å². The summed E-state index contributed by atoms with van der Waals surface area (Å²) in [7, 11) is 0. The summed E-state index contributed by atoms with van der Waals surface area (Å²) >= 11 is 0. The lowest BCUT2D eigenvalue weighted by atomic mass is 10.3. The Bertz CT molecular complexity index is 645. The maximum Gasteiger partial charge on any atom is 0.211 e. The highest BCUT2D eigenvalue weighted by Crippen LogP contribution is 2.16. The minimum atomic E-state index is 0.605. The van der Waals surface area contributed by atoms with Gasteiger partial charge in [-0.15, -0.1) is 0 Å². The van der Waals surface area contributed by atoms with Crippen molar-refractivity contribution in [3.8, 4) is 11.5 Å². The monoisotopic (exact) mass is 231 g/mol. The molecule has 0 aromatic carbocycles. The molecule has 7 heteroatoms. The number of fused-ring (bicyclic) bond motifs is 1. The van der Waals surface area contributed by atoms with Crippen LogP contribution in [0.4, 0.5) is 0 Å². The van der Waals surface area contributed by atoms with E-state index >= 15 is 0 Å². The van der Waals surface area contributed by atoms with Crippen molar-refractivity contribution in [1.29, 1.82) is 0 Å². The highest BCUT2D eigenvalue weighted by molar-refractivity contribution is 5.53. The average molecular weight is 231 g/mol. The molecule has 0 fully saturated rings. The standard InChI is InChI=1S/C10H13N7/c1-6-13-9(16-15-6)8-5-17-7(2-3-11)4-12-10(17)14-8/h4-5H,2-3,11H2,1H3,(H,12,14)(H,13,15,16). The Morgan fingerprint density at radius 3 is 3.06 bits per heavy atom. The van der Waals surface area contributed by atoms with Crippen molar-refractivity contribution in [3.63, 3.8) is 0 Å². The summed E-state index contributed by atoms with van der Waals surface area (Å²) in [4.78, 5) is 11.7. The number of aromatic nitrogens is 6. The van der Waals surface area contributed by atoms with E-state index in [9.17, 15) is 0 Å². The van der Waals surface area contributed by atoms with Crippen LogP contribution in [0.15, 0.2) is 12.4 Å². The zero-order chi connectivity index (χ0) is 11.8. The molecule has 3 aromatic heterocycles. The lowest BCUT2D eigenvalue weighted by Gasteiger charge is -1.93. The zero-order valence-electron chi connectivity index (χ0n) is 9.44. The number of nitrogens with zero attached hydrogens (tertiary/aromatic N) is 4. The number of nitrogens with one attached hydrogen (secondary N) is 2. The van der Waals surface area contributed by atoms with Crippen molar-refractivity contribution in [1.82, 2.24) is 29.5 Å². The van der Waals surface area contributed by atoms with Gasteiger partial charge in [0, 0.05) is 18.3 Å². The number of imidazole rings is 2. The van der Waals surface area contributed by atoms with E-state index in [4.69, 9.17) is 5.73 Å². The van der Waals surface area contributed by atoms with Gasteiger partial charge in [0.2, 0.25) is 5.78 Å². The summed E-state index contributed by atoms with van der Waals surface area (Å²) in [5.74, 6) is 2.21. The molecular formula is C10H13N7. The zero-order valence-corrected chi connectivity index (χ0v) is 9.44. The summed E-state index contributed by atoms with van der Waals surface area (Å²) in [6, 6.07) is 0. The van der Waals surface area contributed by atoms with Gasteiger partial charge in [0.15, 0.2) is 5.82 Å². The number of hydrogen-bond donors (Lipinski definition) is 3. The van der Waals surface area contributed by atoms with Gasteiger partial charge in [-0.25, -0.2) is 9.97 Å². The van der Waals surface area contributed by atoms with E-state index in [1.54, 1.807) is 0 Å². The Hall–Kier alpha value is -2.15. The Balaban J connectivity index is 2.07. The summed E-state index contributed by atoms with van der Waals surface area (Å²) < 4.78 is 1.98. The molecule has 17 heavy (non-hydrogen) atoms. The molecule has 0 spiro atoms. The van der Waals surface area contributed by atoms with E-state index in [2.05, 4.69) is 25.1 Å². The second kappa shape index (κ2) is 3.70. The first kappa shape index (κ1) is 10.0. The average Bonchev–Trinajstić information content (AvgIpc) is 2.95. The number of hydrogen-bond acceptors (Lipinski definition) is 4. The van der Waals surface area contributed by atoms with Crippen molar-refractivity contribution in [2.24, 2.45) is 5.73 Å². The van der Waals surface area contributed by atoms with Crippen LogP contribution >= 0.6 is 0 Å². The first-order valence-electron chi connectivity index (χ1n) is 5.42. The molecule has 88 valence electrons. The molecule has 0 radical (unpaired) electrons. The second-order valence-electron chi connectivity index (χ2n) is 3.89. The van der Waals surface area contributed by atoms with Gasteiger partial charge in [-0.3, -0.25) is 9.50 Å². The fraction of sp³-hybridized carbons (Fsp3) is 0.300. The molecule has 0 saturated heterocycles. The van der Waals surface area contributed by atoms with Crippen LogP contribution < -0.4 is 5.73 Å². The first-order chi connectivity index (χ1) is 8.28. The molecule has 0 atom stereocenters. The molecule has 3 heterocycles. The molecule has 0 saturated carbocycles. The molecule has 3 aromatic rings. The topological polar surface area (TPSA) is 101 Å². The molecule has 0 amide bonds. The van der Waals surface area contributed by atoms with Crippen molar-refractivity contribution in [2.75, 3.05) is 6.54 Å². The van der Waals surface area contributed by atoms with Crippen molar-refractivity contribution >= 4 is 5.78 Å². The molecule has 4 N–H and O–H groups in total. The largest absolute Gasteiger partial charge is 0.330 e. The SMILES string of the molecule is Cc1nc(-c2cn3c(CCN)cnc3[nH]2)n[nH]1. The van der Waals surface area contributed by atoms with Crippen LogP contribution in [0.2, 0.25) is 0 Å². The van der Waals surface area contributed by atoms with Crippen LogP contribution in [0, 0.1) is 6.92 Å². The van der Waals surface area contributed by atoms with Crippen LogP contribution in [0.1, 0.15) is 11.5 Å². The Morgan fingerprint density at radius 2 is 2.35 bits per heavy atom. The van der Waals surface area contributed by atoms with E-state index in [0.29, 0.717) is 12.4 Å². The van der Waals surface area contributed by atoms with Crippen LogP contribution in [0.25, 0.3) is 17.3 Å². The fourth-order valence-corrected chi connectivity index (χ4v) is 1.82. The van der Waals surface area contributed by atoms with Crippen LogP contribution in [-0.2, 0) is 6.42 Å². The number of nitrogens with two attached hydrogens (primary N) is 1. The van der Waals surface area contributed by atoms with Gasteiger partial charge in [-0.1, -0.05) is 0 Å². The summed E-state index contributed by atoms with van der Waals surface area (Å²) in [5.41, 5.74) is 7.48. The van der Waals surface area contributed by atoms with Crippen LogP contribution in [0.5, 0.6) is 0 Å². The maximum atomic E-state index is 5.55. The van der Waals surface area contributed by atoms with E-state index in [-0.39, 0.29) is 0 Å². The molecule has 0 aliphatic rings. The lowest BCUT2D eigenvalue weighted by molar-refractivity contribution is 0.908. The summed E-state index contributed by atoms with van der Waals surface area (Å²) in [6.07, 6.45) is 4.56. The quantitative estimate of drug-likeness (QED) is 0.601. The van der Waals surface area contributed by atoms with Gasteiger partial charge in [-0.2, -0.15) is 5.10 Å². The molecule has 0 unspecified atom stereocenters. The number of rotatable bonds is 3. The normalized spacial score (nSPS) is 11.4. The molecular weight excluding hydrogens is 218 g/mol. The maximum absolute atomic E-state index is 5.55. The van der Waals surface area contributed by atoms with Crippen molar-refractivity contribution in [3.05, 3.63) is 23.9 Å². The second-order valence-corrected chi connectivity index (χ2v) is 3.89. The molecule has 3 rings (SSSR count). The minimum absolute atomic E-state index is 0.605. The Labute approximate surface area is 97.1 Å². The number of aromatic amines is 2. The van der Waals surface area contributed by atoms with Gasteiger partial charge in [0.05, 0.1) is 6.20 Å². The number of H-pyrrole nitrogens is 2. The van der Waals surface area contributed by atoms with Gasteiger partial charge < -0.3 is 10.7 Å². The first-order valence-corrected chi connectivity index (χ1v) is 5.42. The Morgan fingerprint density at radius 1 is 1.47 bits per heavy atom. The fourth-order valence-electron chi connectivity index (χ4n) is 1.82. The highest BCUT2D eigenvalue weighted by Gasteiger charge is 2.10. The minimum Gasteiger partial charge on any atom is -0.330 e. The predicted molar refractivity (Wildman–Crippen MR) is 62.4 cm³/mol. The Kier molecular flexibility index (Phi) is 2.19. The molecule has 0 aliphatic heterocycles. The predicted octanol–water partition coefficient (Wildman–Crippen LogP) is 0.257. The summed E-state index contributed by atoms with van der Waals surface area (Å²) in [5, 5.41) is 6.92. The van der Waals surface area contributed by atoms with E-state index in [1.807, 2.05) is 23.7 Å². The van der Waals surface area contributed by atoms with Gasteiger partial charge in [0.1, 0.15) is 11.5 Å². The smallest absolute Gasteiger partial charge is 0.211 e.